The van der Waals surface area contributed by atoms with Crippen molar-refractivity contribution >= 4 is 5.69 Å². The van der Waals surface area contributed by atoms with E-state index in [4.69, 9.17) is 0 Å². The van der Waals surface area contributed by atoms with Crippen molar-refractivity contribution in [3.63, 3.8) is 0 Å². The molecule has 0 saturated heterocycles. The van der Waals surface area contributed by atoms with Crippen molar-refractivity contribution in [3.05, 3.63) is 39.9 Å². The first-order valence-electron chi connectivity index (χ1n) is 5.76. The van der Waals surface area contributed by atoms with Gasteiger partial charge in [0.1, 0.15) is 0 Å². The molecule has 0 aliphatic carbocycles. The molecule has 5 heteroatoms. The van der Waals surface area contributed by atoms with Crippen LogP contribution < -0.4 is 5.32 Å². The molecule has 94 valence electrons. The van der Waals surface area contributed by atoms with Crippen LogP contribution in [0.3, 0.4) is 0 Å². The van der Waals surface area contributed by atoms with Crippen LogP contribution >= 0.6 is 0 Å². The van der Waals surface area contributed by atoms with Gasteiger partial charge in [0.05, 0.1) is 11.0 Å². The number of hydrogen-bond donors (Lipinski definition) is 2. The number of aliphatic hydroxyl groups is 1. The quantitative estimate of drug-likeness (QED) is 0.561. The van der Waals surface area contributed by atoms with Gasteiger partial charge in [-0.05, 0) is 6.42 Å². The van der Waals surface area contributed by atoms with Gasteiger partial charge in [0.25, 0.3) is 5.69 Å². The van der Waals surface area contributed by atoms with E-state index in [2.05, 4.69) is 5.32 Å². The Morgan fingerprint density at radius 2 is 2.18 bits per heavy atom. The van der Waals surface area contributed by atoms with Gasteiger partial charge in [-0.25, -0.2) is 0 Å². The molecule has 0 amide bonds. The molecule has 0 aromatic heterocycles. The Kier molecular flexibility index (Phi) is 5.59. The molecule has 17 heavy (non-hydrogen) atoms. The highest BCUT2D eigenvalue weighted by Crippen LogP contribution is 2.16. The fraction of sp³-hybridized carbons (Fsp3) is 0.500. The number of hydrogen-bond acceptors (Lipinski definition) is 4. The molecule has 0 spiro atoms. The van der Waals surface area contributed by atoms with E-state index in [1.165, 1.54) is 6.07 Å². The molecular weight excluding hydrogens is 220 g/mol. The Hall–Kier alpha value is -1.46. The van der Waals surface area contributed by atoms with Gasteiger partial charge in [0, 0.05) is 24.7 Å². The second kappa shape index (κ2) is 6.98. The molecule has 0 aliphatic heterocycles. The van der Waals surface area contributed by atoms with Gasteiger partial charge in [0.15, 0.2) is 0 Å². The Labute approximate surface area is 101 Å². The summed E-state index contributed by atoms with van der Waals surface area (Å²) in [4.78, 5) is 10.4. The van der Waals surface area contributed by atoms with Gasteiger partial charge < -0.3 is 10.4 Å². The summed E-state index contributed by atoms with van der Waals surface area (Å²) >= 11 is 0. The maximum absolute atomic E-state index is 10.7. The lowest BCUT2D eigenvalue weighted by Gasteiger charge is -2.10. The molecule has 0 radical (unpaired) electrons. The van der Waals surface area contributed by atoms with Gasteiger partial charge >= 0.3 is 0 Å². The maximum Gasteiger partial charge on any atom is 0.273 e. The van der Waals surface area contributed by atoms with Crippen molar-refractivity contribution in [2.45, 2.75) is 32.4 Å². The molecule has 0 saturated carbocycles. The Balaban J connectivity index is 2.49. The Morgan fingerprint density at radius 1 is 1.47 bits per heavy atom. The zero-order valence-corrected chi connectivity index (χ0v) is 9.93. The number of benzene rings is 1. The molecule has 1 aromatic rings. The van der Waals surface area contributed by atoms with E-state index in [9.17, 15) is 15.2 Å². The van der Waals surface area contributed by atoms with Gasteiger partial charge in [-0.2, -0.15) is 0 Å². The lowest BCUT2D eigenvalue weighted by molar-refractivity contribution is -0.385. The minimum atomic E-state index is -0.389. The van der Waals surface area contributed by atoms with E-state index in [0.717, 1.165) is 12.8 Å². The second-order valence-corrected chi connectivity index (χ2v) is 3.96. The normalized spacial score (nSPS) is 12.4. The average Bonchev–Trinajstić information content (AvgIpc) is 2.30. The summed E-state index contributed by atoms with van der Waals surface area (Å²) in [5.41, 5.74) is 0.756. The van der Waals surface area contributed by atoms with Gasteiger partial charge in [-0.1, -0.05) is 31.5 Å². The van der Waals surface area contributed by atoms with Crippen LogP contribution in [0.2, 0.25) is 0 Å². The van der Waals surface area contributed by atoms with Crippen molar-refractivity contribution in [3.8, 4) is 0 Å². The van der Waals surface area contributed by atoms with Crippen molar-refractivity contribution < 1.29 is 10.0 Å². The third kappa shape index (κ3) is 4.50. The van der Waals surface area contributed by atoms with E-state index in [0.29, 0.717) is 18.7 Å². The Bertz CT molecular complexity index is 369. The summed E-state index contributed by atoms with van der Waals surface area (Å²) in [7, 11) is 0. The molecule has 2 N–H and O–H groups in total. The number of para-hydroxylation sites is 1. The predicted molar refractivity (Wildman–Crippen MR) is 65.7 cm³/mol. The van der Waals surface area contributed by atoms with Gasteiger partial charge in [-0.3, -0.25) is 10.1 Å². The van der Waals surface area contributed by atoms with Crippen molar-refractivity contribution in [1.29, 1.82) is 0 Å². The third-order valence-electron chi connectivity index (χ3n) is 2.51. The van der Waals surface area contributed by atoms with Crippen LogP contribution in [0.4, 0.5) is 5.69 Å². The fourth-order valence-corrected chi connectivity index (χ4v) is 1.65. The first-order valence-corrected chi connectivity index (χ1v) is 5.76. The third-order valence-corrected chi connectivity index (χ3v) is 2.51. The molecule has 0 aliphatic rings. The smallest absolute Gasteiger partial charge is 0.273 e. The highest BCUT2D eigenvalue weighted by molar-refractivity contribution is 5.39. The molecule has 1 rings (SSSR count). The summed E-state index contributed by atoms with van der Waals surface area (Å²) < 4.78 is 0. The number of nitro benzene ring substituents is 1. The van der Waals surface area contributed by atoms with Crippen LogP contribution in [0, 0.1) is 10.1 Å². The van der Waals surface area contributed by atoms with Crippen LogP contribution in [-0.2, 0) is 6.54 Å². The Morgan fingerprint density at radius 3 is 2.82 bits per heavy atom. The minimum Gasteiger partial charge on any atom is -0.392 e. The van der Waals surface area contributed by atoms with Crippen molar-refractivity contribution in [2.24, 2.45) is 0 Å². The highest BCUT2D eigenvalue weighted by atomic mass is 16.6. The number of nitrogens with zero attached hydrogens (tertiary/aromatic N) is 1. The summed E-state index contributed by atoms with van der Waals surface area (Å²) in [5, 5.41) is 23.3. The predicted octanol–water partition coefficient (Wildman–Crippen LogP) is 1.85. The molecule has 5 nitrogen and oxygen atoms in total. The minimum absolute atomic E-state index is 0.116. The number of nitrogens with one attached hydrogen (secondary N) is 1. The summed E-state index contributed by atoms with van der Waals surface area (Å²) in [6.45, 7) is 2.86. The SMILES string of the molecule is CCCC(O)CNCc1ccccc1[N+](=O)[O-]. The largest absolute Gasteiger partial charge is 0.392 e. The van der Waals surface area contributed by atoms with Crippen LogP contribution in [0.15, 0.2) is 24.3 Å². The van der Waals surface area contributed by atoms with E-state index in [-0.39, 0.29) is 16.7 Å². The lowest BCUT2D eigenvalue weighted by atomic mass is 10.1. The lowest BCUT2D eigenvalue weighted by Crippen LogP contribution is -2.26. The van der Waals surface area contributed by atoms with Gasteiger partial charge in [-0.15, -0.1) is 0 Å². The highest BCUT2D eigenvalue weighted by Gasteiger charge is 2.11. The summed E-state index contributed by atoms with van der Waals surface area (Å²) in [6, 6.07) is 6.62. The standard InChI is InChI=1S/C12H18N2O3/c1-2-5-11(15)9-13-8-10-6-3-4-7-12(10)14(16)17/h3-4,6-7,11,13,15H,2,5,8-9H2,1H3. The van der Waals surface area contributed by atoms with E-state index < -0.39 is 0 Å². The average molecular weight is 238 g/mol. The van der Waals surface area contributed by atoms with Crippen LogP contribution in [0.5, 0.6) is 0 Å². The number of rotatable bonds is 7. The second-order valence-electron chi connectivity index (χ2n) is 3.96. The molecule has 1 unspecified atom stereocenters. The van der Waals surface area contributed by atoms with E-state index in [1.54, 1.807) is 18.2 Å². The topological polar surface area (TPSA) is 75.4 Å². The number of aliphatic hydroxyl groups excluding tert-OH is 1. The zero-order chi connectivity index (χ0) is 12.7. The summed E-state index contributed by atoms with van der Waals surface area (Å²) in [6.07, 6.45) is 1.28. The molecule has 0 bridgehead atoms. The van der Waals surface area contributed by atoms with Crippen LogP contribution in [0.1, 0.15) is 25.3 Å². The first kappa shape index (κ1) is 13.6. The van der Waals surface area contributed by atoms with Crippen LogP contribution in [0.25, 0.3) is 0 Å². The molecule has 0 heterocycles. The zero-order valence-electron chi connectivity index (χ0n) is 9.93. The van der Waals surface area contributed by atoms with Crippen molar-refractivity contribution in [1.82, 2.24) is 5.32 Å². The van der Waals surface area contributed by atoms with Crippen molar-refractivity contribution in [2.75, 3.05) is 6.54 Å². The molecule has 1 aromatic carbocycles. The first-order chi connectivity index (χ1) is 8.15. The van der Waals surface area contributed by atoms with Crippen LogP contribution in [-0.4, -0.2) is 22.7 Å². The van der Waals surface area contributed by atoms with Gasteiger partial charge in [0.2, 0.25) is 0 Å². The van der Waals surface area contributed by atoms with E-state index in [1.807, 2.05) is 6.92 Å². The molecule has 0 fully saturated rings. The number of nitro groups is 1. The molecule has 1 atom stereocenters. The summed E-state index contributed by atoms with van der Waals surface area (Å²) in [5.74, 6) is 0. The fourth-order valence-electron chi connectivity index (χ4n) is 1.65. The molecular formula is C12H18N2O3. The monoisotopic (exact) mass is 238 g/mol. The van der Waals surface area contributed by atoms with E-state index >= 15 is 0 Å². The maximum atomic E-state index is 10.7.